The molecule has 0 fully saturated rings. The molecule has 0 radical (unpaired) electrons. The molecule has 0 aliphatic carbocycles. The zero-order valence-corrected chi connectivity index (χ0v) is 21.1. The maximum absolute atomic E-state index is 13.1. The first-order valence-electron chi connectivity index (χ1n) is 10.2. The van der Waals surface area contributed by atoms with E-state index in [0.717, 1.165) is 17.7 Å². The van der Waals surface area contributed by atoms with Gasteiger partial charge in [-0.05, 0) is 42.3 Å². The van der Waals surface area contributed by atoms with E-state index in [9.17, 15) is 4.39 Å². The first-order chi connectivity index (χ1) is 15.6. The minimum Gasteiger partial charge on any atom is -0.493 e. The molecule has 0 saturated heterocycles. The van der Waals surface area contributed by atoms with Crippen LogP contribution < -0.4 is 24.8 Å². The third-order valence-electron chi connectivity index (χ3n) is 4.52. The van der Waals surface area contributed by atoms with Crippen molar-refractivity contribution in [2.75, 3.05) is 20.8 Å². The number of methoxy groups -OCH3 is 2. The van der Waals surface area contributed by atoms with Crippen LogP contribution in [0.3, 0.4) is 0 Å². The number of ether oxygens (including phenoxy) is 3. The van der Waals surface area contributed by atoms with Gasteiger partial charge in [0.2, 0.25) is 11.6 Å². The molecular formula is C24H28FIN4O3. The number of para-hydroxylation sites is 1. The summed E-state index contributed by atoms with van der Waals surface area (Å²) < 4.78 is 29.6. The van der Waals surface area contributed by atoms with Gasteiger partial charge in [-0.1, -0.05) is 24.3 Å². The Kier molecular flexibility index (Phi) is 10.7. The van der Waals surface area contributed by atoms with Crippen LogP contribution in [0.15, 0.2) is 65.8 Å². The van der Waals surface area contributed by atoms with Gasteiger partial charge in [0.05, 0.1) is 20.8 Å². The van der Waals surface area contributed by atoms with E-state index in [4.69, 9.17) is 14.2 Å². The van der Waals surface area contributed by atoms with E-state index >= 15 is 0 Å². The molecule has 0 bridgehead atoms. The number of halogens is 2. The van der Waals surface area contributed by atoms with E-state index in [1.807, 2.05) is 19.1 Å². The molecule has 2 N–H and O–H groups in total. The summed E-state index contributed by atoms with van der Waals surface area (Å²) in [6, 6.07) is 15.5. The van der Waals surface area contributed by atoms with E-state index in [1.165, 1.54) is 12.1 Å². The third-order valence-corrected chi connectivity index (χ3v) is 4.52. The van der Waals surface area contributed by atoms with E-state index < -0.39 is 0 Å². The average molecular weight is 566 g/mol. The number of hydrogen-bond donors (Lipinski definition) is 2. The van der Waals surface area contributed by atoms with Gasteiger partial charge in [0.25, 0.3) is 0 Å². The summed E-state index contributed by atoms with van der Waals surface area (Å²) >= 11 is 0. The molecule has 0 aliphatic heterocycles. The molecule has 9 heteroatoms. The Hall–Kier alpha value is -3.08. The van der Waals surface area contributed by atoms with Crippen molar-refractivity contribution in [3.8, 4) is 23.1 Å². The van der Waals surface area contributed by atoms with Crippen molar-refractivity contribution >= 4 is 29.9 Å². The van der Waals surface area contributed by atoms with Gasteiger partial charge in [-0.15, -0.1) is 24.0 Å². The Morgan fingerprint density at radius 2 is 1.61 bits per heavy atom. The van der Waals surface area contributed by atoms with Crippen LogP contribution in [-0.4, -0.2) is 31.7 Å². The van der Waals surface area contributed by atoms with E-state index in [0.29, 0.717) is 42.2 Å². The Morgan fingerprint density at radius 1 is 0.939 bits per heavy atom. The van der Waals surface area contributed by atoms with E-state index in [1.54, 1.807) is 50.7 Å². The van der Waals surface area contributed by atoms with Gasteiger partial charge >= 0.3 is 0 Å². The number of aliphatic imine (C=N–C) groups is 1. The van der Waals surface area contributed by atoms with Crippen LogP contribution in [0.4, 0.5) is 4.39 Å². The highest BCUT2D eigenvalue weighted by molar-refractivity contribution is 14.0. The summed E-state index contributed by atoms with van der Waals surface area (Å²) in [5.41, 5.74) is 1.88. The molecule has 0 aliphatic rings. The summed E-state index contributed by atoms with van der Waals surface area (Å²) in [5, 5.41) is 6.44. The Bertz CT molecular complexity index is 1010. The Balaban J connectivity index is 0.00000385. The number of nitrogens with zero attached hydrogens (tertiary/aromatic N) is 2. The van der Waals surface area contributed by atoms with Crippen LogP contribution in [0.2, 0.25) is 0 Å². The first-order valence-corrected chi connectivity index (χ1v) is 10.2. The zero-order chi connectivity index (χ0) is 22.8. The largest absolute Gasteiger partial charge is 0.493 e. The molecule has 0 saturated carbocycles. The molecule has 3 rings (SSSR count). The lowest BCUT2D eigenvalue weighted by molar-refractivity contribution is 0.342. The average Bonchev–Trinajstić information content (AvgIpc) is 2.83. The fourth-order valence-electron chi connectivity index (χ4n) is 2.89. The molecule has 3 aromatic rings. The predicted octanol–water partition coefficient (Wildman–Crippen LogP) is 4.90. The molecule has 1 heterocycles. The minimum absolute atomic E-state index is 0. The van der Waals surface area contributed by atoms with Crippen molar-refractivity contribution in [3.05, 3.63) is 77.7 Å². The van der Waals surface area contributed by atoms with Gasteiger partial charge in [-0.2, -0.15) is 0 Å². The number of nitrogens with one attached hydrogen (secondary N) is 2. The molecule has 0 spiro atoms. The van der Waals surface area contributed by atoms with Gasteiger partial charge in [0.1, 0.15) is 5.82 Å². The lowest BCUT2D eigenvalue weighted by Crippen LogP contribution is -2.36. The second kappa shape index (κ2) is 13.5. The Labute approximate surface area is 210 Å². The third kappa shape index (κ3) is 7.77. The van der Waals surface area contributed by atoms with Crippen molar-refractivity contribution in [1.82, 2.24) is 15.6 Å². The predicted molar refractivity (Wildman–Crippen MR) is 137 cm³/mol. The Morgan fingerprint density at radius 3 is 2.18 bits per heavy atom. The quantitative estimate of drug-likeness (QED) is 0.218. The van der Waals surface area contributed by atoms with E-state index in [-0.39, 0.29) is 29.8 Å². The summed E-state index contributed by atoms with van der Waals surface area (Å²) in [6.07, 6.45) is 1.71. The van der Waals surface area contributed by atoms with Crippen molar-refractivity contribution in [2.45, 2.75) is 20.0 Å². The van der Waals surface area contributed by atoms with Crippen molar-refractivity contribution in [2.24, 2.45) is 4.99 Å². The highest BCUT2D eigenvalue weighted by Gasteiger charge is 2.13. The number of hydrogen-bond acceptors (Lipinski definition) is 5. The van der Waals surface area contributed by atoms with Crippen LogP contribution in [0.25, 0.3) is 0 Å². The number of aromatic nitrogens is 1. The molecule has 1 aromatic heterocycles. The van der Waals surface area contributed by atoms with Crippen LogP contribution in [-0.2, 0) is 13.1 Å². The van der Waals surface area contributed by atoms with Crippen LogP contribution in [0.5, 0.6) is 23.1 Å². The molecule has 0 atom stereocenters. The van der Waals surface area contributed by atoms with Crippen LogP contribution in [0, 0.1) is 5.82 Å². The molecule has 33 heavy (non-hydrogen) atoms. The molecule has 176 valence electrons. The minimum atomic E-state index is -0.251. The SMILES string of the molecule is CCNC(=NCc1ccc(Oc2c(OC)cccc2OC)nc1)NCc1ccc(F)cc1.I. The van der Waals surface area contributed by atoms with E-state index in [2.05, 4.69) is 20.6 Å². The topological polar surface area (TPSA) is 77.0 Å². The lowest BCUT2D eigenvalue weighted by atomic mass is 10.2. The normalized spacial score (nSPS) is 10.7. The summed E-state index contributed by atoms with van der Waals surface area (Å²) in [4.78, 5) is 8.96. The molecule has 7 nitrogen and oxygen atoms in total. The van der Waals surface area contributed by atoms with Crippen molar-refractivity contribution < 1.29 is 18.6 Å². The summed E-state index contributed by atoms with van der Waals surface area (Å²) in [5.74, 6) is 2.41. The molecule has 0 amide bonds. The number of rotatable bonds is 9. The fourth-order valence-corrected chi connectivity index (χ4v) is 2.89. The maximum Gasteiger partial charge on any atom is 0.219 e. The molecule has 0 unspecified atom stereocenters. The summed E-state index contributed by atoms with van der Waals surface area (Å²) in [7, 11) is 3.14. The number of benzene rings is 2. The molecule has 2 aromatic carbocycles. The fraction of sp³-hybridized carbons (Fsp3) is 0.250. The standard InChI is InChI=1S/C24H27FN4O3.HI/c1-4-26-24(28-14-17-8-11-19(25)12-9-17)29-16-18-10-13-22(27-15-18)32-23-20(30-2)6-5-7-21(23)31-3;/h5-13,15H,4,14,16H2,1-3H3,(H2,26,28,29);1H. The van der Waals surface area contributed by atoms with Gasteiger partial charge in [0.15, 0.2) is 17.5 Å². The second-order valence-electron chi connectivity index (χ2n) is 6.77. The van der Waals surface area contributed by atoms with Crippen molar-refractivity contribution in [1.29, 1.82) is 0 Å². The van der Waals surface area contributed by atoms with Gasteiger partial charge in [-0.25, -0.2) is 14.4 Å². The smallest absolute Gasteiger partial charge is 0.219 e. The zero-order valence-electron chi connectivity index (χ0n) is 18.8. The van der Waals surface area contributed by atoms with Crippen molar-refractivity contribution in [3.63, 3.8) is 0 Å². The number of pyridine rings is 1. The van der Waals surface area contributed by atoms with Gasteiger partial charge < -0.3 is 24.8 Å². The monoisotopic (exact) mass is 566 g/mol. The maximum atomic E-state index is 13.1. The van der Waals surface area contributed by atoms with Gasteiger partial charge in [-0.3, -0.25) is 0 Å². The van der Waals surface area contributed by atoms with Crippen LogP contribution in [0.1, 0.15) is 18.1 Å². The van der Waals surface area contributed by atoms with Gasteiger partial charge in [0, 0.05) is 25.4 Å². The second-order valence-corrected chi connectivity index (χ2v) is 6.77. The van der Waals surface area contributed by atoms with Crippen LogP contribution >= 0.6 is 24.0 Å². The summed E-state index contributed by atoms with van der Waals surface area (Å²) in [6.45, 7) is 3.69. The number of guanidine groups is 1. The highest BCUT2D eigenvalue weighted by atomic mass is 127. The highest BCUT2D eigenvalue weighted by Crippen LogP contribution is 2.39. The lowest BCUT2D eigenvalue weighted by Gasteiger charge is -2.13. The first kappa shape index (κ1) is 26.2. The molecular weight excluding hydrogens is 538 g/mol.